The van der Waals surface area contributed by atoms with Crippen LogP contribution >= 0.6 is 11.8 Å². The summed E-state index contributed by atoms with van der Waals surface area (Å²) >= 11 is 1.55. The van der Waals surface area contributed by atoms with Crippen molar-refractivity contribution in [2.24, 2.45) is 5.11 Å². The molecule has 7 atom stereocenters. The number of nitrogens with zero attached hydrogens (tertiary/aromatic N) is 3. The lowest BCUT2D eigenvalue weighted by molar-refractivity contribution is -0.468. The van der Waals surface area contributed by atoms with Gasteiger partial charge in [-0.25, -0.2) is 0 Å². The molecular formula is C21H33N3O6SSi. The van der Waals surface area contributed by atoms with Gasteiger partial charge in [0.05, 0.1) is 12.6 Å². The molecule has 32 heavy (non-hydrogen) atoms. The van der Waals surface area contributed by atoms with Crippen LogP contribution in [0.4, 0.5) is 0 Å². The number of thioether (sulfide) groups is 1. The van der Waals surface area contributed by atoms with Crippen molar-refractivity contribution in [3.05, 3.63) is 40.8 Å². The summed E-state index contributed by atoms with van der Waals surface area (Å²) < 4.78 is 37.5. The number of rotatable bonds is 8. The fourth-order valence-electron chi connectivity index (χ4n) is 3.88. The van der Waals surface area contributed by atoms with E-state index in [1.54, 1.807) is 32.7 Å². The van der Waals surface area contributed by atoms with Gasteiger partial charge in [0.2, 0.25) is 11.6 Å². The lowest BCUT2D eigenvalue weighted by Gasteiger charge is -2.58. The Balaban J connectivity index is 2.02. The predicted molar refractivity (Wildman–Crippen MR) is 124 cm³/mol. The van der Waals surface area contributed by atoms with Crippen LogP contribution in [0.1, 0.15) is 13.8 Å². The van der Waals surface area contributed by atoms with Gasteiger partial charge in [0.1, 0.15) is 23.7 Å². The van der Waals surface area contributed by atoms with Crippen LogP contribution in [-0.4, -0.2) is 70.5 Å². The first kappa shape index (κ1) is 25.5. The molecule has 0 N–H and O–H groups in total. The van der Waals surface area contributed by atoms with Crippen LogP contribution in [0, 0.1) is 0 Å². The highest BCUT2D eigenvalue weighted by atomic mass is 32.2. The van der Waals surface area contributed by atoms with Crippen LogP contribution in [0.2, 0.25) is 19.6 Å². The van der Waals surface area contributed by atoms with Gasteiger partial charge in [-0.15, -0.1) is 0 Å². The number of benzene rings is 1. The SMILES string of the molecule is CO[C@@]1(C)O[C@@H]2[C@H](O[Si](C)(C)C)[C@@H](Sc3ccccc3)O[C@H](CN=[N+]=[N-])[C@H]2O[C@]1(C)OC. The Morgan fingerprint density at radius 2 is 1.66 bits per heavy atom. The van der Waals surface area contributed by atoms with Crippen molar-refractivity contribution >= 4 is 20.1 Å². The van der Waals surface area contributed by atoms with Crippen LogP contribution in [0.3, 0.4) is 0 Å². The van der Waals surface area contributed by atoms with Crippen LogP contribution < -0.4 is 0 Å². The Bertz CT molecular complexity index is 824. The van der Waals surface area contributed by atoms with Crippen molar-refractivity contribution in [1.29, 1.82) is 0 Å². The Morgan fingerprint density at radius 3 is 2.19 bits per heavy atom. The molecule has 1 aromatic rings. The van der Waals surface area contributed by atoms with E-state index in [1.807, 2.05) is 30.3 Å². The number of azide groups is 1. The van der Waals surface area contributed by atoms with E-state index < -0.39 is 49.7 Å². The summed E-state index contributed by atoms with van der Waals surface area (Å²) in [6, 6.07) is 9.97. The average molecular weight is 484 g/mol. The maximum atomic E-state index is 8.93. The summed E-state index contributed by atoms with van der Waals surface area (Å²) in [6.07, 6.45) is -2.09. The molecule has 2 fully saturated rings. The number of hydrogen-bond donors (Lipinski definition) is 0. The molecule has 0 unspecified atom stereocenters. The van der Waals surface area contributed by atoms with Crippen molar-refractivity contribution in [3.8, 4) is 0 Å². The lowest BCUT2D eigenvalue weighted by Crippen LogP contribution is -2.73. The maximum absolute atomic E-state index is 8.93. The Labute approximate surface area is 194 Å². The Kier molecular flexibility index (Phi) is 7.96. The molecule has 0 aromatic heterocycles. The number of ether oxygens (including phenoxy) is 5. The van der Waals surface area contributed by atoms with E-state index >= 15 is 0 Å². The molecule has 3 rings (SSSR count). The van der Waals surface area contributed by atoms with Crippen molar-refractivity contribution in [2.45, 2.75) is 79.8 Å². The highest BCUT2D eigenvalue weighted by Gasteiger charge is 2.62. The van der Waals surface area contributed by atoms with Gasteiger partial charge in [-0.1, -0.05) is 35.1 Å². The second-order valence-electron chi connectivity index (χ2n) is 9.05. The van der Waals surface area contributed by atoms with Crippen LogP contribution in [0.15, 0.2) is 40.3 Å². The third-order valence-corrected chi connectivity index (χ3v) is 7.86. The summed E-state index contributed by atoms with van der Waals surface area (Å²) in [6.45, 7) is 10.0. The number of methoxy groups -OCH3 is 2. The van der Waals surface area contributed by atoms with Gasteiger partial charge >= 0.3 is 0 Å². The third-order valence-electron chi connectivity index (χ3n) is 5.73. The van der Waals surface area contributed by atoms with Gasteiger partial charge in [-0.2, -0.15) is 0 Å². The van der Waals surface area contributed by atoms with E-state index in [0.717, 1.165) is 4.90 Å². The van der Waals surface area contributed by atoms with Crippen molar-refractivity contribution < 1.29 is 28.1 Å². The molecule has 2 saturated heterocycles. The van der Waals surface area contributed by atoms with Gasteiger partial charge in [0.15, 0.2) is 8.32 Å². The normalized spacial score (nSPS) is 37.4. The van der Waals surface area contributed by atoms with Gasteiger partial charge < -0.3 is 28.1 Å². The molecule has 0 amide bonds. The second kappa shape index (κ2) is 10.0. The Morgan fingerprint density at radius 1 is 1.06 bits per heavy atom. The lowest BCUT2D eigenvalue weighted by atomic mass is 9.94. The molecule has 2 heterocycles. The molecule has 0 bridgehead atoms. The zero-order chi connectivity index (χ0) is 23.6. The highest BCUT2D eigenvalue weighted by molar-refractivity contribution is 7.99. The number of fused-ring (bicyclic) bond motifs is 1. The molecule has 2 aliphatic heterocycles. The first-order valence-corrected chi connectivity index (χ1v) is 14.9. The molecule has 0 radical (unpaired) electrons. The van der Waals surface area contributed by atoms with Gasteiger partial charge in [-0.3, -0.25) is 0 Å². The van der Waals surface area contributed by atoms with Crippen molar-refractivity contribution in [2.75, 3.05) is 20.8 Å². The summed E-state index contributed by atoms with van der Waals surface area (Å²) in [5.74, 6) is -2.39. The van der Waals surface area contributed by atoms with Gasteiger partial charge in [0.25, 0.3) is 0 Å². The van der Waals surface area contributed by atoms with Gasteiger partial charge in [0, 0.05) is 24.0 Å². The third kappa shape index (κ3) is 5.32. The maximum Gasteiger partial charge on any atom is 0.220 e. The summed E-state index contributed by atoms with van der Waals surface area (Å²) in [4.78, 5) is 3.96. The first-order chi connectivity index (χ1) is 15.1. The van der Waals surface area contributed by atoms with E-state index in [4.69, 9.17) is 33.6 Å². The standard InChI is InChI=1S/C21H33N3O6SSi/c1-20(25-3)21(2,26-4)29-17-16(28-20)15(13-23-24-22)27-19(18(17)30-32(5,6)7)31-14-11-9-8-10-12-14/h8-12,15-19H,13H2,1-7H3/t15-,16-,17+,18+,19-,20+,21+/m1/s1. The van der Waals surface area contributed by atoms with E-state index in [9.17, 15) is 0 Å². The minimum absolute atomic E-state index is 0.0933. The smallest absolute Gasteiger partial charge is 0.220 e. The van der Waals surface area contributed by atoms with Crippen molar-refractivity contribution in [3.63, 3.8) is 0 Å². The topological polar surface area (TPSA) is 104 Å². The fraction of sp³-hybridized carbons (Fsp3) is 0.714. The monoisotopic (exact) mass is 483 g/mol. The summed E-state index contributed by atoms with van der Waals surface area (Å²) in [5.41, 5.74) is 8.53. The van der Waals surface area contributed by atoms with Crippen LogP contribution in [0.25, 0.3) is 10.4 Å². The Hall–Kier alpha value is -1.14. The van der Waals surface area contributed by atoms with Crippen LogP contribution in [0.5, 0.6) is 0 Å². The minimum atomic E-state index is -2.01. The zero-order valence-electron chi connectivity index (χ0n) is 19.7. The van der Waals surface area contributed by atoms with Gasteiger partial charge in [-0.05, 0) is 51.2 Å². The minimum Gasteiger partial charge on any atom is -0.408 e. The average Bonchev–Trinajstić information content (AvgIpc) is 2.75. The van der Waals surface area contributed by atoms with E-state index in [2.05, 4.69) is 29.7 Å². The van der Waals surface area contributed by atoms with Crippen molar-refractivity contribution in [1.82, 2.24) is 0 Å². The molecular weight excluding hydrogens is 450 g/mol. The zero-order valence-corrected chi connectivity index (χ0v) is 21.5. The largest absolute Gasteiger partial charge is 0.408 e. The molecule has 0 saturated carbocycles. The quantitative estimate of drug-likeness (QED) is 0.231. The summed E-state index contributed by atoms with van der Waals surface area (Å²) in [7, 11) is 1.09. The predicted octanol–water partition coefficient (Wildman–Crippen LogP) is 4.54. The second-order valence-corrected chi connectivity index (χ2v) is 14.7. The first-order valence-electron chi connectivity index (χ1n) is 10.6. The van der Waals surface area contributed by atoms with E-state index in [1.165, 1.54) is 7.11 Å². The van der Waals surface area contributed by atoms with E-state index in [0.29, 0.717) is 0 Å². The molecule has 0 spiro atoms. The summed E-state index contributed by atoms with van der Waals surface area (Å²) in [5, 5.41) is 3.76. The highest BCUT2D eigenvalue weighted by Crippen LogP contribution is 2.47. The van der Waals surface area contributed by atoms with E-state index in [-0.39, 0.29) is 6.54 Å². The molecule has 0 aliphatic carbocycles. The molecule has 1 aromatic carbocycles. The molecule has 2 aliphatic rings. The molecule has 9 nitrogen and oxygen atoms in total. The molecule has 11 heteroatoms. The fourth-order valence-corrected chi connectivity index (χ4v) is 6.18. The molecule has 178 valence electrons. The number of hydrogen-bond acceptors (Lipinski definition) is 8. The van der Waals surface area contributed by atoms with Crippen LogP contribution in [-0.2, 0) is 28.1 Å².